The summed E-state index contributed by atoms with van der Waals surface area (Å²) in [5.74, 6) is 0.992. The number of rotatable bonds is 8. The lowest BCUT2D eigenvalue weighted by Crippen LogP contribution is -2.12. The number of aliphatic hydroxyl groups is 1. The van der Waals surface area contributed by atoms with Gasteiger partial charge >= 0.3 is 5.97 Å². The van der Waals surface area contributed by atoms with Crippen LogP contribution < -0.4 is 0 Å². The summed E-state index contributed by atoms with van der Waals surface area (Å²) in [6.45, 7) is 1.21. The van der Waals surface area contributed by atoms with Crippen molar-refractivity contribution in [3.05, 3.63) is 113 Å². The van der Waals surface area contributed by atoms with E-state index in [1.54, 1.807) is 0 Å². The van der Waals surface area contributed by atoms with E-state index in [0.29, 0.717) is 18.0 Å². The maximum atomic E-state index is 12.6. The molecule has 0 spiro atoms. The molecule has 0 radical (unpaired) electrons. The summed E-state index contributed by atoms with van der Waals surface area (Å²) in [5, 5.41) is 11.5. The third-order valence-corrected chi connectivity index (χ3v) is 8.28. The molecule has 6 nitrogen and oxygen atoms in total. The van der Waals surface area contributed by atoms with Crippen LogP contribution in [-0.2, 0) is 24.4 Å². The van der Waals surface area contributed by atoms with Crippen molar-refractivity contribution in [2.45, 2.75) is 57.7 Å². The molecule has 1 aliphatic rings. The Balaban J connectivity index is 1.59. The smallest absolute Gasteiger partial charge is 0.337 e. The number of benzene rings is 3. The molecule has 6 rings (SSSR count). The molecular formula is C34H35N3O3. The minimum absolute atomic E-state index is 0.0438. The molecule has 0 saturated heterocycles. The van der Waals surface area contributed by atoms with Gasteiger partial charge in [0.1, 0.15) is 5.82 Å². The predicted molar refractivity (Wildman–Crippen MR) is 157 cm³/mol. The van der Waals surface area contributed by atoms with Gasteiger partial charge in [-0.25, -0.2) is 9.78 Å². The van der Waals surface area contributed by atoms with Crippen molar-refractivity contribution in [3.63, 3.8) is 0 Å². The first-order chi connectivity index (χ1) is 19.7. The Bertz CT molecular complexity index is 1630. The van der Waals surface area contributed by atoms with E-state index in [9.17, 15) is 9.90 Å². The van der Waals surface area contributed by atoms with Crippen LogP contribution in [0, 0.1) is 0 Å². The molecule has 3 aromatic carbocycles. The highest BCUT2D eigenvalue weighted by Crippen LogP contribution is 2.45. The fraction of sp³-hybridized carbons (Fsp3) is 0.294. The van der Waals surface area contributed by atoms with Crippen molar-refractivity contribution in [2.24, 2.45) is 0 Å². The zero-order valence-corrected chi connectivity index (χ0v) is 22.9. The highest BCUT2D eigenvalue weighted by molar-refractivity contribution is 5.99. The third kappa shape index (κ3) is 4.95. The number of ether oxygens (including phenoxy) is 1. The number of aliphatic hydroxyl groups excluding tert-OH is 1. The lowest BCUT2D eigenvalue weighted by molar-refractivity contribution is 0.0601. The first kappa shape index (κ1) is 26.1. The zero-order valence-electron chi connectivity index (χ0n) is 22.9. The van der Waals surface area contributed by atoms with Crippen LogP contribution in [0.1, 0.15) is 70.9 Å². The van der Waals surface area contributed by atoms with Crippen LogP contribution in [0.5, 0.6) is 0 Å². The van der Waals surface area contributed by atoms with Crippen LogP contribution in [0.2, 0.25) is 0 Å². The SMILES string of the molecule is COC(=O)c1ccc2c(C3CCCCC3)c(-c3ccccc3CO)n(Cc3nccn3Cc3ccccc3)c2c1. The molecule has 0 atom stereocenters. The number of fused-ring (bicyclic) bond motifs is 1. The normalized spacial score (nSPS) is 14.1. The largest absolute Gasteiger partial charge is 0.465 e. The van der Waals surface area contributed by atoms with Gasteiger partial charge in [-0.05, 0) is 47.6 Å². The molecule has 0 amide bonds. The quantitative estimate of drug-likeness (QED) is 0.220. The van der Waals surface area contributed by atoms with E-state index in [1.807, 2.05) is 48.8 Å². The Kier molecular flexibility index (Phi) is 7.51. The second kappa shape index (κ2) is 11.5. The minimum Gasteiger partial charge on any atom is -0.465 e. The molecule has 2 heterocycles. The summed E-state index contributed by atoms with van der Waals surface area (Å²) >= 11 is 0. The Morgan fingerprint density at radius 1 is 0.975 bits per heavy atom. The van der Waals surface area contributed by atoms with Gasteiger partial charge in [-0.2, -0.15) is 0 Å². The Morgan fingerprint density at radius 3 is 2.52 bits per heavy atom. The number of aromatic nitrogens is 3. The number of hydrogen-bond donors (Lipinski definition) is 1. The van der Waals surface area contributed by atoms with Gasteiger partial charge in [-0.15, -0.1) is 0 Å². The maximum absolute atomic E-state index is 12.6. The Labute approximate surface area is 234 Å². The van der Waals surface area contributed by atoms with E-state index in [0.717, 1.165) is 52.9 Å². The number of carbonyl (C=O) groups is 1. The molecule has 204 valence electrons. The van der Waals surface area contributed by atoms with Crippen LogP contribution in [-0.4, -0.2) is 32.3 Å². The third-order valence-electron chi connectivity index (χ3n) is 8.28. The zero-order chi connectivity index (χ0) is 27.5. The highest BCUT2D eigenvalue weighted by Gasteiger charge is 2.28. The number of imidazole rings is 1. The topological polar surface area (TPSA) is 69.3 Å². The molecule has 0 unspecified atom stereocenters. The van der Waals surface area contributed by atoms with Gasteiger partial charge in [0.15, 0.2) is 0 Å². The van der Waals surface area contributed by atoms with Crippen molar-refractivity contribution in [2.75, 3.05) is 7.11 Å². The highest BCUT2D eigenvalue weighted by atomic mass is 16.5. The Hall–Kier alpha value is -4.16. The van der Waals surface area contributed by atoms with Gasteiger partial charge in [0.2, 0.25) is 0 Å². The van der Waals surface area contributed by atoms with E-state index in [4.69, 9.17) is 9.72 Å². The van der Waals surface area contributed by atoms with E-state index < -0.39 is 0 Å². The summed E-state index contributed by atoms with van der Waals surface area (Å²) < 4.78 is 9.59. The van der Waals surface area contributed by atoms with Gasteiger partial charge in [-0.1, -0.05) is 79.9 Å². The van der Waals surface area contributed by atoms with E-state index >= 15 is 0 Å². The molecule has 1 N–H and O–H groups in total. The number of carbonyl (C=O) groups excluding carboxylic acids is 1. The lowest BCUT2D eigenvalue weighted by Gasteiger charge is -2.24. The molecular weight excluding hydrogens is 498 g/mol. The maximum Gasteiger partial charge on any atom is 0.337 e. The predicted octanol–water partition coefficient (Wildman–Crippen LogP) is 6.93. The molecule has 1 saturated carbocycles. The summed E-state index contributed by atoms with van der Waals surface area (Å²) in [4.78, 5) is 17.4. The van der Waals surface area contributed by atoms with Gasteiger partial charge in [0.05, 0.1) is 37.0 Å². The number of nitrogens with zero attached hydrogens (tertiary/aromatic N) is 3. The average Bonchev–Trinajstić information content (AvgIpc) is 3.59. The standard InChI is InChI=1S/C34H35N3O3/c1-40-34(39)26-16-17-29-30(20-26)37(22-31-35-18-19-36(31)21-24-10-4-2-5-11-24)33(28-15-9-8-14-27(28)23-38)32(29)25-12-6-3-7-13-25/h2,4-5,8-11,14-20,25,38H,3,6-7,12-13,21-23H2,1H3. The molecule has 0 aliphatic heterocycles. The summed E-state index contributed by atoms with van der Waals surface area (Å²) in [7, 11) is 1.42. The number of esters is 1. The fourth-order valence-corrected chi connectivity index (χ4v) is 6.33. The summed E-state index contributed by atoms with van der Waals surface area (Å²) in [6, 6.07) is 24.4. The number of hydrogen-bond acceptors (Lipinski definition) is 4. The molecule has 1 aliphatic carbocycles. The van der Waals surface area contributed by atoms with Crippen LogP contribution in [0.4, 0.5) is 0 Å². The summed E-state index contributed by atoms with van der Waals surface area (Å²) in [6.07, 6.45) is 9.83. The van der Waals surface area contributed by atoms with Gasteiger partial charge < -0.3 is 19.0 Å². The van der Waals surface area contributed by atoms with Crippen LogP contribution in [0.25, 0.3) is 22.2 Å². The Morgan fingerprint density at radius 2 is 1.75 bits per heavy atom. The van der Waals surface area contributed by atoms with Crippen molar-refractivity contribution in [1.82, 2.24) is 14.1 Å². The first-order valence-corrected chi connectivity index (χ1v) is 14.2. The van der Waals surface area contributed by atoms with Crippen molar-refractivity contribution >= 4 is 16.9 Å². The van der Waals surface area contributed by atoms with Crippen molar-refractivity contribution < 1.29 is 14.6 Å². The van der Waals surface area contributed by atoms with Crippen molar-refractivity contribution in [1.29, 1.82) is 0 Å². The minimum atomic E-state index is -0.350. The molecule has 0 bridgehead atoms. The van der Waals surface area contributed by atoms with Crippen LogP contribution in [0.3, 0.4) is 0 Å². The summed E-state index contributed by atoms with van der Waals surface area (Å²) in [5.41, 5.74) is 7.07. The van der Waals surface area contributed by atoms with Gasteiger partial charge in [0.25, 0.3) is 0 Å². The van der Waals surface area contributed by atoms with E-state index in [1.165, 1.54) is 37.5 Å². The van der Waals surface area contributed by atoms with E-state index in [2.05, 4.69) is 45.5 Å². The fourth-order valence-electron chi connectivity index (χ4n) is 6.33. The molecule has 5 aromatic rings. The first-order valence-electron chi connectivity index (χ1n) is 14.2. The molecule has 2 aromatic heterocycles. The lowest BCUT2D eigenvalue weighted by atomic mass is 9.81. The second-order valence-corrected chi connectivity index (χ2v) is 10.7. The van der Waals surface area contributed by atoms with Crippen molar-refractivity contribution in [3.8, 4) is 11.3 Å². The van der Waals surface area contributed by atoms with Crippen LogP contribution in [0.15, 0.2) is 85.2 Å². The van der Waals surface area contributed by atoms with Gasteiger partial charge in [0, 0.05) is 29.9 Å². The average molecular weight is 534 g/mol. The van der Waals surface area contributed by atoms with Crippen LogP contribution >= 0.6 is 0 Å². The van der Waals surface area contributed by atoms with E-state index in [-0.39, 0.29) is 12.6 Å². The van der Waals surface area contributed by atoms with Gasteiger partial charge in [-0.3, -0.25) is 0 Å². The molecule has 40 heavy (non-hydrogen) atoms. The second-order valence-electron chi connectivity index (χ2n) is 10.7. The molecule has 1 fully saturated rings. The number of methoxy groups -OCH3 is 1. The molecule has 6 heteroatoms. The monoisotopic (exact) mass is 533 g/mol.